The van der Waals surface area contributed by atoms with Gasteiger partial charge in [0.05, 0.1) is 12.0 Å². The fourth-order valence-corrected chi connectivity index (χ4v) is 3.23. The summed E-state index contributed by atoms with van der Waals surface area (Å²) in [6, 6.07) is 19.4. The van der Waals surface area contributed by atoms with Crippen LogP contribution >= 0.6 is 11.6 Å². The van der Waals surface area contributed by atoms with E-state index in [1.807, 2.05) is 37.3 Å². The summed E-state index contributed by atoms with van der Waals surface area (Å²) in [6.07, 6.45) is 0.733. The van der Waals surface area contributed by atoms with Gasteiger partial charge in [0.25, 0.3) is 11.5 Å². The second kappa shape index (κ2) is 9.18. The highest BCUT2D eigenvalue weighted by Crippen LogP contribution is 2.31. The normalized spacial score (nSPS) is 11.5. The number of nitriles is 1. The standard InChI is InChI=1S/C22H19ClN4O2/c1-2-12-27-21(28)11-10-20(26-27)22(29)25-16-8-9-17(19(23)13-16)18(14-24)15-6-4-3-5-7-15/h3-11,13,18H,2,12H2,1H3,(H,25,29). The molecule has 1 N–H and O–H groups in total. The first-order valence-corrected chi connectivity index (χ1v) is 9.54. The lowest BCUT2D eigenvalue weighted by Gasteiger charge is -2.13. The Labute approximate surface area is 173 Å². The van der Waals surface area contributed by atoms with Crippen molar-refractivity contribution in [2.75, 3.05) is 5.32 Å². The fraction of sp³-hybridized carbons (Fsp3) is 0.182. The van der Waals surface area contributed by atoms with Crippen molar-refractivity contribution in [1.29, 1.82) is 5.26 Å². The Morgan fingerprint density at radius 3 is 2.62 bits per heavy atom. The Kier molecular flexibility index (Phi) is 6.43. The number of halogens is 1. The van der Waals surface area contributed by atoms with Gasteiger partial charge in [-0.05, 0) is 35.7 Å². The summed E-state index contributed by atoms with van der Waals surface area (Å²) in [6.45, 7) is 2.36. The van der Waals surface area contributed by atoms with E-state index in [1.54, 1.807) is 18.2 Å². The first-order chi connectivity index (χ1) is 14.0. The van der Waals surface area contributed by atoms with Crippen LogP contribution in [0.5, 0.6) is 0 Å². The first kappa shape index (κ1) is 20.3. The van der Waals surface area contributed by atoms with Gasteiger partial charge in [0, 0.05) is 23.3 Å². The molecule has 146 valence electrons. The third-order valence-electron chi connectivity index (χ3n) is 4.37. The molecule has 0 radical (unpaired) electrons. The maximum absolute atomic E-state index is 12.5. The van der Waals surface area contributed by atoms with Crippen molar-refractivity contribution in [3.8, 4) is 6.07 Å². The van der Waals surface area contributed by atoms with E-state index < -0.39 is 11.8 Å². The van der Waals surface area contributed by atoms with Gasteiger partial charge in [0.1, 0.15) is 5.69 Å². The third kappa shape index (κ3) is 4.71. The summed E-state index contributed by atoms with van der Waals surface area (Å²) in [4.78, 5) is 24.3. The lowest BCUT2D eigenvalue weighted by molar-refractivity contribution is 0.102. The van der Waals surface area contributed by atoms with Crippen LogP contribution in [0.15, 0.2) is 65.5 Å². The molecule has 0 fully saturated rings. The average molecular weight is 407 g/mol. The number of carbonyl (C=O) groups excluding carboxylic acids is 1. The van der Waals surface area contributed by atoms with Gasteiger partial charge in [0.2, 0.25) is 0 Å². The largest absolute Gasteiger partial charge is 0.321 e. The molecule has 1 atom stereocenters. The molecule has 0 aliphatic rings. The number of carbonyl (C=O) groups is 1. The topological polar surface area (TPSA) is 87.8 Å². The molecule has 0 saturated heterocycles. The van der Waals surface area contributed by atoms with Crippen LogP contribution in [-0.2, 0) is 6.54 Å². The molecule has 0 bridgehead atoms. The predicted molar refractivity (Wildman–Crippen MR) is 112 cm³/mol. The monoisotopic (exact) mass is 406 g/mol. The minimum Gasteiger partial charge on any atom is -0.321 e. The highest BCUT2D eigenvalue weighted by Gasteiger charge is 2.17. The maximum atomic E-state index is 12.5. The zero-order valence-electron chi connectivity index (χ0n) is 15.8. The minimum absolute atomic E-state index is 0.137. The number of amides is 1. The van der Waals surface area contributed by atoms with E-state index in [0.29, 0.717) is 22.8 Å². The molecule has 3 aromatic rings. The van der Waals surface area contributed by atoms with Crippen LogP contribution in [0.25, 0.3) is 0 Å². The molecule has 29 heavy (non-hydrogen) atoms. The van der Waals surface area contributed by atoms with Crippen molar-refractivity contribution in [2.24, 2.45) is 0 Å². The molecule has 1 unspecified atom stereocenters. The van der Waals surface area contributed by atoms with Crippen molar-refractivity contribution in [3.63, 3.8) is 0 Å². The van der Waals surface area contributed by atoms with E-state index in [2.05, 4.69) is 16.5 Å². The Morgan fingerprint density at radius 1 is 1.21 bits per heavy atom. The molecule has 0 spiro atoms. The van der Waals surface area contributed by atoms with Gasteiger partial charge in [0.15, 0.2) is 0 Å². The second-order valence-corrected chi connectivity index (χ2v) is 6.85. The highest BCUT2D eigenvalue weighted by molar-refractivity contribution is 6.31. The molecule has 7 heteroatoms. The number of benzene rings is 2. The van der Waals surface area contributed by atoms with Crippen LogP contribution in [0.3, 0.4) is 0 Å². The number of hydrogen-bond acceptors (Lipinski definition) is 4. The van der Waals surface area contributed by atoms with Gasteiger partial charge in [-0.1, -0.05) is 54.9 Å². The van der Waals surface area contributed by atoms with Crippen molar-refractivity contribution in [1.82, 2.24) is 9.78 Å². The molecular weight excluding hydrogens is 388 g/mol. The predicted octanol–water partition coefficient (Wildman–Crippen LogP) is 4.21. The van der Waals surface area contributed by atoms with E-state index >= 15 is 0 Å². The maximum Gasteiger partial charge on any atom is 0.276 e. The zero-order chi connectivity index (χ0) is 20.8. The quantitative estimate of drug-likeness (QED) is 0.664. The van der Waals surface area contributed by atoms with E-state index in [4.69, 9.17) is 11.6 Å². The zero-order valence-corrected chi connectivity index (χ0v) is 16.6. The van der Waals surface area contributed by atoms with Crippen LogP contribution in [0.1, 0.15) is 40.9 Å². The van der Waals surface area contributed by atoms with Crippen LogP contribution in [0.2, 0.25) is 5.02 Å². The second-order valence-electron chi connectivity index (χ2n) is 6.44. The Morgan fingerprint density at radius 2 is 1.97 bits per heavy atom. The van der Waals surface area contributed by atoms with Crippen LogP contribution in [-0.4, -0.2) is 15.7 Å². The summed E-state index contributed by atoms with van der Waals surface area (Å²) in [5.74, 6) is -0.953. The van der Waals surface area contributed by atoms with Gasteiger partial charge < -0.3 is 5.32 Å². The van der Waals surface area contributed by atoms with Crippen molar-refractivity contribution in [3.05, 3.63) is 92.9 Å². The SMILES string of the molecule is CCCn1nc(C(=O)Nc2ccc(C(C#N)c3ccccc3)c(Cl)c2)ccc1=O. The van der Waals surface area contributed by atoms with E-state index in [1.165, 1.54) is 16.8 Å². The number of hydrogen-bond donors (Lipinski definition) is 1. The smallest absolute Gasteiger partial charge is 0.276 e. The van der Waals surface area contributed by atoms with Crippen LogP contribution < -0.4 is 10.9 Å². The Bertz CT molecular complexity index is 1120. The molecule has 6 nitrogen and oxygen atoms in total. The fourth-order valence-electron chi connectivity index (χ4n) is 2.95. The van der Waals surface area contributed by atoms with Crippen molar-refractivity contribution < 1.29 is 4.79 Å². The van der Waals surface area contributed by atoms with Gasteiger partial charge in [-0.15, -0.1) is 0 Å². The lowest BCUT2D eigenvalue weighted by atomic mass is 9.92. The number of anilines is 1. The van der Waals surface area contributed by atoms with E-state index in [-0.39, 0.29) is 11.3 Å². The molecular formula is C22H19ClN4O2. The first-order valence-electron chi connectivity index (χ1n) is 9.17. The molecule has 3 rings (SSSR count). The van der Waals surface area contributed by atoms with Crippen LogP contribution in [0, 0.1) is 11.3 Å². The molecule has 1 amide bonds. The van der Waals surface area contributed by atoms with Gasteiger partial charge in [-0.3, -0.25) is 9.59 Å². The van der Waals surface area contributed by atoms with E-state index in [9.17, 15) is 14.9 Å². The summed E-state index contributed by atoms with van der Waals surface area (Å²) < 4.78 is 1.27. The number of nitrogens with zero attached hydrogens (tertiary/aromatic N) is 3. The van der Waals surface area contributed by atoms with Gasteiger partial charge in [-0.25, -0.2) is 4.68 Å². The summed E-state index contributed by atoms with van der Waals surface area (Å²) in [5.41, 5.74) is 1.87. The highest BCUT2D eigenvalue weighted by atomic mass is 35.5. The Balaban J connectivity index is 1.82. The average Bonchev–Trinajstić information content (AvgIpc) is 2.72. The number of aromatic nitrogens is 2. The number of rotatable bonds is 6. The summed E-state index contributed by atoms with van der Waals surface area (Å²) in [7, 11) is 0. The van der Waals surface area contributed by atoms with Gasteiger partial charge >= 0.3 is 0 Å². The molecule has 1 aromatic heterocycles. The lowest BCUT2D eigenvalue weighted by Crippen LogP contribution is -2.26. The third-order valence-corrected chi connectivity index (χ3v) is 4.69. The molecule has 0 aliphatic carbocycles. The van der Waals surface area contributed by atoms with Crippen LogP contribution in [0.4, 0.5) is 5.69 Å². The summed E-state index contributed by atoms with van der Waals surface area (Å²) in [5, 5.41) is 16.8. The molecule has 0 aliphatic heterocycles. The minimum atomic E-state index is -0.507. The Hall–Kier alpha value is -3.43. The summed E-state index contributed by atoms with van der Waals surface area (Å²) >= 11 is 6.41. The number of aryl methyl sites for hydroxylation is 1. The van der Waals surface area contributed by atoms with Gasteiger partial charge in [-0.2, -0.15) is 10.4 Å². The van der Waals surface area contributed by atoms with Crippen molar-refractivity contribution in [2.45, 2.75) is 25.8 Å². The molecule has 2 aromatic carbocycles. The van der Waals surface area contributed by atoms with E-state index in [0.717, 1.165) is 12.0 Å². The van der Waals surface area contributed by atoms with Crippen molar-refractivity contribution >= 4 is 23.2 Å². The molecule has 0 saturated carbocycles. The molecule has 1 heterocycles. The number of nitrogens with one attached hydrogen (secondary N) is 1.